The smallest absolute Gasteiger partial charge is 0.330 e. The summed E-state index contributed by atoms with van der Waals surface area (Å²) in [5.74, 6) is -2.55. The van der Waals surface area contributed by atoms with Crippen LogP contribution in [0, 0.1) is 5.92 Å². The maximum atomic E-state index is 13.0. The van der Waals surface area contributed by atoms with E-state index in [4.69, 9.17) is 51.1 Å². The van der Waals surface area contributed by atoms with Crippen molar-refractivity contribution in [1.82, 2.24) is 4.90 Å². The van der Waals surface area contributed by atoms with Crippen LogP contribution in [-0.2, 0) is 9.53 Å². The first-order valence-corrected chi connectivity index (χ1v) is 9.81. The molecule has 1 aromatic carbocycles. The molecule has 0 saturated carbocycles. The molecule has 9 heteroatoms. The third kappa shape index (κ3) is 3.93. The fourth-order valence-corrected chi connectivity index (χ4v) is 3.81. The van der Waals surface area contributed by atoms with E-state index in [0.717, 1.165) is 4.90 Å². The van der Waals surface area contributed by atoms with E-state index in [1.165, 1.54) is 0 Å². The van der Waals surface area contributed by atoms with E-state index in [1.807, 2.05) is 6.92 Å². The Bertz CT molecular complexity index is 785. The molecule has 0 aliphatic carbocycles. The van der Waals surface area contributed by atoms with Gasteiger partial charge in [-0.15, -0.1) is 0 Å². The van der Waals surface area contributed by atoms with Gasteiger partial charge in [0.05, 0.1) is 31.2 Å². The summed E-state index contributed by atoms with van der Waals surface area (Å²) in [6.45, 7) is 8.70. The number of rotatable bonds is 4. The Labute approximate surface area is 177 Å². The van der Waals surface area contributed by atoms with Gasteiger partial charge in [0.1, 0.15) is 11.6 Å². The second-order valence-corrected chi connectivity index (χ2v) is 8.86. The molecule has 148 valence electrons. The van der Waals surface area contributed by atoms with E-state index in [-0.39, 0.29) is 37.1 Å². The summed E-state index contributed by atoms with van der Waals surface area (Å²) >= 11 is 24.4. The summed E-state index contributed by atoms with van der Waals surface area (Å²) in [6, 6.07) is -1.13. The van der Waals surface area contributed by atoms with Gasteiger partial charge in [-0.2, -0.15) is 0 Å². The van der Waals surface area contributed by atoms with Crippen molar-refractivity contribution in [2.45, 2.75) is 52.7 Å². The van der Waals surface area contributed by atoms with Gasteiger partial charge in [-0.3, -0.25) is 14.5 Å². The molecule has 2 unspecified atom stereocenters. The van der Waals surface area contributed by atoms with Gasteiger partial charge < -0.3 is 4.74 Å². The fourth-order valence-electron chi connectivity index (χ4n) is 2.80. The number of nitrogens with zero attached hydrogens (tertiary/aromatic N) is 1. The van der Waals surface area contributed by atoms with Crippen LogP contribution in [0.5, 0.6) is 0 Å². The Morgan fingerprint density at radius 3 is 1.70 bits per heavy atom. The lowest BCUT2D eigenvalue weighted by atomic mass is 9.97. The van der Waals surface area contributed by atoms with Crippen LogP contribution in [0.15, 0.2) is 0 Å². The Morgan fingerprint density at radius 1 is 0.963 bits per heavy atom. The second-order valence-electron chi connectivity index (χ2n) is 7.35. The molecule has 0 N–H and O–H groups in total. The van der Waals surface area contributed by atoms with Gasteiger partial charge >= 0.3 is 5.97 Å². The van der Waals surface area contributed by atoms with Gasteiger partial charge in [0.2, 0.25) is 0 Å². The average molecular weight is 455 g/mol. The number of imide groups is 1. The van der Waals surface area contributed by atoms with Crippen molar-refractivity contribution in [2.75, 3.05) is 0 Å². The lowest BCUT2D eigenvalue weighted by Crippen LogP contribution is -2.50. The van der Waals surface area contributed by atoms with Gasteiger partial charge in [0.25, 0.3) is 11.8 Å². The summed E-state index contributed by atoms with van der Waals surface area (Å²) in [5.41, 5.74) is -1.10. The lowest BCUT2D eigenvalue weighted by molar-refractivity contribution is -0.161. The molecule has 1 aliphatic heterocycles. The zero-order chi connectivity index (χ0) is 20.8. The van der Waals surface area contributed by atoms with E-state index in [2.05, 4.69) is 0 Å². The van der Waals surface area contributed by atoms with Crippen LogP contribution in [0.3, 0.4) is 0 Å². The van der Waals surface area contributed by atoms with Crippen molar-refractivity contribution in [3.8, 4) is 0 Å². The molecule has 0 radical (unpaired) electrons. The number of hydrogen-bond donors (Lipinski definition) is 0. The molecular formula is C18H19Cl4NO4. The fraction of sp³-hybridized carbons (Fsp3) is 0.500. The number of carbonyl (C=O) groups excluding carboxylic acids is 3. The highest BCUT2D eigenvalue weighted by atomic mass is 35.5. The first kappa shape index (κ1) is 22.3. The number of esters is 1. The quantitative estimate of drug-likeness (QED) is 0.255. The lowest BCUT2D eigenvalue weighted by Gasteiger charge is -2.31. The number of hydrogen-bond acceptors (Lipinski definition) is 4. The van der Waals surface area contributed by atoms with Crippen molar-refractivity contribution >= 4 is 64.2 Å². The van der Waals surface area contributed by atoms with Crippen LogP contribution in [0.1, 0.15) is 61.8 Å². The number of benzene rings is 1. The maximum Gasteiger partial charge on any atom is 0.330 e. The molecular weight excluding hydrogens is 436 g/mol. The first-order chi connectivity index (χ1) is 12.3. The highest BCUT2D eigenvalue weighted by Crippen LogP contribution is 2.45. The van der Waals surface area contributed by atoms with Gasteiger partial charge in [-0.25, -0.2) is 4.79 Å². The number of fused-ring (bicyclic) bond motifs is 1. The molecule has 2 amide bonds. The third-order valence-electron chi connectivity index (χ3n) is 4.24. The average Bonchev–Trinajstić information content (AvgIpc) is 2.81. The molecule has 0 bridgehead atoms. The van der Waals surface area contributed by atoms with E-state index >= 15 is 0 Å². The predicted molar refractivity (Wildman–Crippen MR) is 106 cm³/mol. The van der Waals surface area contributed by atoms with Crippen LogP contribution in [0.4, 0.5) is 0 Å². The van der Waals surface area contributed by atoms with Crippen LogP contribution in [0.25, 0.3) is 0 Å². The Morgan fingerprint density at radius 2 is 1.37 bits per heavy atom. The number of carbonyl (C=O) groups is 3. The van der Waals surface area contributed by atoms with Crippen LogP contribution in [0.2, 0.25) is 20.1 Å². The van der Waals surface area contributed by atoms with Crippen LogP contribution < -0.4 is 0 Å². The van der Waals surface area contributed by atoms with Gasteiger partial charge in [0, 0.05) is 0 Å². The minimum Gasteiger partial charge on any atom is -0.458 e. The molecule has 1 aromatic rings. The summed E-state index contributed by atoms with van der Waals surface area (Å²) in [5, 5.41) is -0.590. The highest BCUT2D eigenvalue weighted by molar-refractivity contribution is 6.55. The van der Waals surface area contributed by atoms with Gasteiger partial charge in [0.15, 0.2) is 0 Å². The zero-order valence-electron chi connectivity index (χ0n) is 15.5. The van der Waals surface area contributed by atoms with Crippen molar-refractivity contribution in [2.24, 2.45) is 5.92 Å². The summed E-state index contributed by atoms with van der Waals surface area (Å²) < 4.78 is 5.44. The largest absolute Gasteiger partial charge is 0.458 e. The minimum atomic E-state index is -1.13. The zero-order valence-corrected chi connectivity index (χ0v) is 18.5. The standard InChI is InChI=1S/C18H19Cl4NO4/c1-6-7(2)14(17(26)27-18(3,4)5)23-15(24)8-9(16(23)25)11(20)13(22)12(21)10(8)19/h7,14H,6H2,1-5H3. The Hall–Kier alpha value is -1.01. The molecule has 0 aromatic heterocycles. The summed E-state index contributed by atoms with van der Waals surface area (Å²) in [7, 11) is 0. The van der Waals surface area contributed by atoms with E-state index in [1.54, 1.807) is 27.7 Å². The van der Waals surface area contributed by atoms with Crippen LogP contribution in [-0.4, -0.2) is 34.3 Å². The Kier molecular flexibility index (Phi) is 6.42. The monoisotopic (exact) mass is 453 g/mol. The van der Waals surface area contributed by atoms with Crippen molar-refractivity contribution in [3.63, 3.8) is 0 Å². The van der Waals surface area contributed by atoms with Gasteiger partial charge in [-0.05, 0) is 26.7 Å². The molecule has 0 saturated heterocycles. The van der Waals surface area contributed by atoms with Gasteiger partial charge in [-0.1, -0.05) is 66.7 Å². The highest BCUT2D eigenvalue weighted by Gasteiger charge is 2.49. The normalized spacial score (nSPS) is 16.4. The van der Waals surface area contributed by atoms with Crippen molar-refractivity contribution in [3.05, 3.63) is 31.2 Å². The minimum absolute atomic E-state index is 0.123. The third-order valence-corrected chi connectivity index (χ3v) is 6.04. The second kappa shape index (κ2) is 7.78. The number of halogens is 4. The molecule has 1 aliphatic rings. The first-order valence-electron chi connectivity index (χ1n) is 8.30. The maximum absolute atomic E-state index is 13.0. The SMILES string of the molecule is CCC(C)C(C(=O)OC(C)(C)C)N1C(=O)c2c(Cl)c(Cl)c(Cl)c(Cl)c2C1=O. The van der Waals surface area contributed by atoms with E-state index in [9.17, 15) is 14.4 Å². The number of ether oxygens (including phenoxy) is 1. The molecule has 5 nitrogen and oxygen atoms in total. The molecule has 0 fully saturated rings. The molecule has 0 spiro atoms. The van der Waals surface area contributed by atoms with E-state index < -0.39 is 29.4 Å². The topological polar surface area (TPSA) is 63.7 Å². The Balaban J connectivity index is 2.61. The van der Waals surface area contributed by atoms with Crippen LogP contribution >= 0.6 is 46.4 Å². The number of amides is 2. The predicted octanol–water partition coefficient (Wildman–Crippen LogP) is 5.65. The summed E-state index contributed by atoms with van der Waals surface area (Å²) in [6.07, 6.45) is 0.528. The molecule has 2 rings (SSSR count). The molecule has 27 heavy (non-hydrogen) atoms. The van der Waals surface area contributed by atoms with Crippen molar-refractivity contribution < 1.29 is 19.1 Å². The summed E-state index contributed by atoms with van der Waals surface area (Å²) in [4.78, 5) is 39.7. The van der Waals surface area contributed by atoms with E-state index in [0.29, 0.717) is 6.42 Å². The van der Waals surface area contributed by atoms with Crippen molar-refractivity contribution in [1.29, 1.82) is 0 Å². The molecule has 2 atom stereocenters. The molecule has 1 heterocycles.